The van der Waals surface area contributed by atoms with E-state index in [1.165, 1.54) is 6.07 Å². The van der Waals surface area contributed by atoms with Gasteiger partial charge in [-0.25, -0.2) is 8.42 Å². The van der Waals surface area contributed by atoms with Gasteiger partial charge in [-0.15, -0.1) is 0 Å². The fourth-order valence-electron chi connectivity index (χ4n) is 1.20. The monoisotopic (exact) mass is 232 g/mol. The second kappa shape index (κ2) is 2.93. The summed E-state index contributed by atoms with van der Waals surface area (Å²) < 4.78 is 21.9. The number of nitrogens with one attached hydrogen (secondary N) is 1. The third-order valence-electron chi connectivity index (χ3n) is 1.89. The van der Waals surface area contributed by atoms with Gasteiger partial charge in [-0.2, -0.15) is 0 Å². The van der Waals surface area contributed by atoms with Crippen LogP contribution in [0.1, 0.15) is 16.1 Å². The van der Waals surface area contributed by atoms with Crippen molar-refractivity contribution in [3.05, 3.63) is 23.5 Å². The second-order valence-corrected chi connectivity index (χ2v) is 5.35. The molecular weight excluding hydrogens is 228 g/mol. The summed E-state index contributed by atoms with van der Waals surface area (Å²) in [5, 5.41) is 2.52. The van der Waals surface area contributed by atoms with Gasteiger partial charge < -0.3 is 5.32 Å². The molecule has 0 spiro atoms. The minimum absolute atomic E-state index is 0.157. The molecule has 1 aliphatic heterocycles. The second-order valence-electron chi connectivity index (χ2n) is 2.79. The van der Waals surface area contributed by atoms with E-state index in [1.807, 2.05) is 0 Å². The topological polar surface area (TPSA) is 76.1 Å². The lowest BCUT2D eigenvalue weighted by Gasteiger charge is -1.97. The van der Waals surface area contributed by atoms with Crippen LogP contribution in [0.25, 0.3) is 0 Å². The number of halogens is 1. The lowest BCUT2D eigenvalue weighted by molar-refractivity contribution is 0.0965. The smallest absolute Gasteiger partial charge is 0.262 e. The largest absolute Gasteiger partial charge is 0.346 e. The third kappa shape index (κ3) is 1.46. The highest BCUT2D eigenvalue weighted by atomic mass is 35.7. The maximum absolute atomic E-state index is 11.2. The van der Waals surface area contributed by atoms with Crippen LogP contribution in [0.15, 0.2) is 17.2 Å². The predicted molar refractivity (Wildman–Crippen MR) is 48.4 cm³/mol. The van der Waals surface area contributed by atoms with Crippen LogP contribution < -0.4 is 5.32 Å². The van der Waals surface area contributed by atoms with E-state index in [4.69, 9.17) is 10.7 Å². The minimum Gasteiger partial charge on any atom is -0.346 e. The summed E-state index contributed by atoms with van der Waals surface area (Å²) in [6.07, 6.45) is 1.14. The van der Waals surface area contributed by atoms with Gasteiger partial charge in [-0.3, -0.25) is 9.78 Å². The Balaban J connectivity index is 2.61. The van der Waals surface area contributed by atoms with Crippen molar-refractivity contribution in [1.82, 2.24) is 10.3 Å². The highest BCUT2D eigenvalue weighted by molar-refractivity contribution is 8.13. The molecule has 0 bridgehead atoms. The number of hydrogen-bond donors (Lipinski definition) is 1. The summed E-state index contributed by atoms with van der Waals surface area (Å²) in [5.41, 5.74) is 0.811. The molecule has 2 heterocycles. The number of aromatic nitrogens is 1. The molecule has 7 heteroatoms. The van der Waals surface area contributed by atoms with Crippen molar-refractivity contribution in [3.63, 3.8) is 0 Å². The van der Waals surface area contributed by atoms with E-state index >= 15 is 0 Å². The summed E-state index contributed by atoms with van der Waals surface area (Å²) in [6, 6.07) is 1.23. The molecule has 1 aromatic rings. The summed E-state index contributed by atoms with van der Waals surface area (Å²) in [6.45, 7) is 0.330. The van der Waals surface area contributed by atoms with Gasteiger partial charge in [0.1, 0.15) is 4.90 Å². The summed E-state index contributed by atoms with van der Waals surface area (Å²) in [4.78, 5) is 14.8. The van der Waals surface area contributed by atoms with E-state index < -0.39 is 9.05 Å². The fourth-order valence-corrected chi connectivity index (χ4v) is 1.89. The van der Waals surface area contributed by atoms with Gasteiger partial charge in [0.2, 0.25) is 0 Å². The normalized spacial score (nSPS) is 15.1. The van der Waals surface area contributed by atoms with Crippen molar-refractivity contribution in [2.24, 2.45) is 0 Å². The van der Waals surface area contributed by atoms with E-state index in [-0.39, 0.29) is 16.4 Å². The summed E-state index contributed by atoms with van der Waals surface area (Å²) in [5.74, 6) is -0.324. The van der Waals surface area contributed by atoms with Crippen LogP contribution in [0.4, 0.5) is 0 Å². The fraction of sp³-hybridized carbons (Fsp3) is 0.143. The number of carbonyl (C=O) groups is 1. The van der Waals surface area contributed by atoms with Gasteiger partial charge in [-0.05, 0) is 6.07 Å². The molecule has 0 fully saturated rings. The Hall–Kier alpha value is -1.14. The third-order valence-corrected chi connectivity index (χ3v) is 3.21. The van der Waals surface area contributed by atoms with Crippen molar-refractivity contribution >= 4 is 25.6 Å². The number of rotatable bonds is 1. The molecule has 1 amide bonds. The van der Waals surface area contributed by atoms with Crippen molar-refractivity contribution < 1.29 is 13.2 Å². The standard InChI is InChI=1S/C7H5ClN2O3S/c8-14(12,13)4-1-5-6(9-2-4)3-10-7(5)11/h1-2H,3H2,(H,10,11). The average molecular weight is 233 g/mol. The Bertz CT molecular complexity index is 512. The molecule has 1 aromatic heterocycles. The molecule has 0 saturated carbocycles. The van der Waals surface area contributed by atoms with Crippen LogP contribution in [0.3, 0.4) is 0 Å². The van der Waals surface area contributed by atoms with Crippen molar-refractivity contribution in [3.8, 4) is 0 Å². The Morgan fingerprint density at radius 2 is 2.21 bits per heavy atom. The lowest BCUT2D eigenvalue weighted by Crippen LogP contribution is -2.12. The Morgan fingerprint density at radius 3 is 2.86 bits per heavy atom. The quantitative estimate of drug-likeness (QED) is 0.705. The van der Waals surface area contributed by atoms with Crippen molar-refractivity contribution in [1.29, 1.82) is 0 Å². The van der Waals surface area contributed by atoms with Crippen LogP contribution in [0, 0.1) is 0 Å². The van der Waals surface area contributed by atoms with Gasteiger partial charge in [-0.1, -0.05) is 0 Å². The molecule has 0 atom stereocenters. The molecule has 1 N–H and O–H groups in total. The van der Waals surface area contributed by atoms with E-state index in [2.05, 4.69) is 10.3 Å². The number of hydrogen-bond acceptors (Lipinski definition) is 4. The molecule has 14 heavy (non-hydrogen) atoms. The van der Waals surface area contributed by atoms with Gasteiger partial charge in [0.25, 0.3) is 15.0 Å². The van der Waals surface area contributed by atoms with Crippen LogP contribution in [-0.2, 0) is 15.6 Å². The molecule has 0 aliphatic carbocycles. The van der Waals surface area contributed by atoms with E-state index in [0.717, 1.165) is 6.20 Å². The molecule has 5 nitrogen and oxygen atoms in total. The molecule has 74 valence electrons. The van der Waals surface area contributed by atoms with E-state index in [9.17, 15) is 13.2 Å². The van der Waals surface area contributed by atoms with Crippen LogP contribution in [-0.4, -0.2) is 19.3 Å². The van der Waals surface area contributed by atoms with Gasteiger partial charge in [0.15, 0.2) is 0 Å². The maximum Gasteiger partial charge on any atom is 0.262 e. The van der Waals surface area contributed by atoms with E-state index in [1.54, 1.807) is 0 Å². The maximum atomic E-state index is 11.2. The molecular formula is C7H5ClN2O3S. The number of nitrogens with zero attached hydrogens (tertiary/aromatic N) is 1. The lowest BCUT2D eigenvalue weighted by atomic mass is 10.2. The molecule has 2 rings (SSSR count). The zero-order valence-electron chi connectivity index (χ0n) is 6.82. The van der Waals surface area contributed by atoms with Gasteiger partial charge in [0, 0.05) is 16.9 Å². The number of amides is 1. The molecule has 0 unspecified atom stereocenters. The first kappa shape index (κ1) is 9.42. The molecule has 0 saturated heterocycles. The van der Waals surface area contributed by atoms with Crippen molar-refractivity contribution in [2.45, 2.75) is 11.4 Å². The average Bonchev–Trinajstić information content (AvgIpc) is 2.46. The highest BCUT2D eigenvalue weighted by Crippen LogP contribution is 2.19. The van der Waals surface area contributed by atoms with Gasteiger partial charge in [0.05, 0.1) is 17.8 Å². The predicted octanol–water partition coefficient (Wildman–Crippen LogP) is 0.253. The Morgan fingerprint density at radius 1 is 1.50 bits per heavy atom. The highest BCUT2D eigenvalue weighted by Gasteiger charge is 2.22. The Labute approximate surface area is 84.5 Å². The Kier molecular flexibility index (Phi) is 1.97. The zero-order chi connectivity index (χ0) is 10.3. The molecule has 0 radical (unpaired) electrons. The van der Waals surface area contributed by atoms with Gasteiger partial charge >= 0.3 is 0 Å². The number of carbonyl (C=O) groups excluding carboxylic acids is 1. The minimum atomic E-state index is -3.82. The van der Waals surface area contributed by atoms with Crippen LogP contribution >= 0.6 is 10.7 Å². The SMILES string of the molecule is O=C1NCc2ncc(S(=O)(=O)Cl)cc21. The first-order valence-corrected chi connectivity index (χ1v) is 6.01. The number of pyridine rings is 1. The number of fused-ring (bicyclic) bond motifs is 1. The summed E-state index contributed by atoms with van der Waals surface area (Å²) in [7, 11) is 1.29. The van der Waals surface area contributed by atoms with Crippen LogP contribution in [0.5, 0.6) is 0 Å². The first-order valence-electron chi connectivity index (χ1n) is 3.70. The zero-order valence-corrected chi connectivity index (χ0v) is 8.39. The molecule has 0 aromatic carbocycles. The van der Waals surface area contributed by atoms with E-state index in [0.29, 0.717) is 12.2 Å². The summed E-state index contributed by atoms with van der Waals surface area (Å²) >= 11 is 0. The molecule has 1 aliphatic rings. The first-order chi connectivity index (χ1) is 6.48. The van der Waals surface area contributed by atoms with Crippen molar-refractivity contribution in [2.75, 3.05) is 0 Å². The van der Waals surface area contributed by atoms with Crippen LogP contribution in [0.2, 0.25) is 0 Å².